The first-order chi connectivity index (χ1) is 16.5. The molecule has 1 atom stereocenters. The highest BCUT2D eigenvalue weighted by Gasteiger charge is 2.31. The first kappa shape index (κ1) is 23.1. The standard InChI is InChI=1S/C29H31ClN2O2/c1-20-8-10-23(30)19-27(20)32-15-13-31(14-16-32)12-3-2-7-28(33)21-9-11-24-22(17-21)18-29(34)26-6-4-5-25(24)26/h4-6,8-11,17,19,26H,2-3,7,12-16,18H2,1H3. The molecule has 2 aliphatic carbocycles. The number of ketones is 2. The second-order valence-electron chi connectivity index (χ2n) is 9.64. The minimum atomic E-state index is -0.0922. The van der Waals surface area contributed by atoms with Crippen molar-refractivity contribution in [3.05, 3.63) is 81.9 Å². The number of piperazine rings is 1. The van der Waals surface area contributed by atoms with Crippen molar-refractivity contribution in [2.45, 2.75) is 32.6 Å². The summed E-state index contributed by atoms with van der Waals surface area (Å²) in [6.07, 6.45) is 8.84. The molecule has 1 heterocycles. The number of hydrogen-bond acceptors (Lipinski definition) is 4. The van der Waals surface area contributed by atoms with Crippen LogP contribution >= 0.6 is 11.6 Å². The molecular weight excluding hydrogens is 444 g/mol. The molecule has 1 aliphatic heterocycles. The minimum absolute atomic E-state index is 0.0922. The van der Waals surface area contributed by atoms with Crippen molar-refractivity contribution in [1.29, 1.82) is 0 Å². The van der Waals surface area contributed by atoms with Gasteiger partial charge in [-0.25, -0.2) is 0 Å². The van der Waals surface area contributed by atoms with Crippen molar-refractivity contribution in [2.24, 2.45) is 5.92 Å². The summed E-state index contributed by atoms with van der Waals surface area (Å²) in [4.78, 5) is 30.1. The highest BCUT2D eigenvalue weighted by molar-refractivity contribution is 6.30. The Balaban J connectivity index is 1.08. The van der Waals surface area contributed by atoms with E-state index in [-0.39, 0.29) is 17.5 Å². The van der Waals surface area contributed by atoms with Gasteiger partial charge in [-0.05, 0) is 66.8 Å². The van der Waals surface area contributed by atoms with Crippen LogP contribution in [0.3, 0.4) is 0 Å². The molecule has 0 aromatic heterocycles. The minimum Gasteiger partial charge on any atom is -0.369 e. The molecule has 0 spiro atoms. The van der Waals surface area contributed by atoms with E-state index in [9.17, 15) is 9.59 Å². The van der Waals surface area contributed by atoms with Crippen molar-refractivity contribution in [3.63, 3.8) is 0 Å². The molecule has 0 amide bonds. The summed E-state index contributed by atoms with van der Waals surface area (Å²) >= 11 is 6.20. The smallest absolute Gasteiger partial charge is 0.162 e. The molecule has 5 rings (SSSR count). The number of fused-ring (bicyclic) bond motifs is 3. The van der Waals surface area contributed by atoms with Crippen molar-refractivity contribution in [1.82, 2.24) is 4.90 Å². The van der Waals surface area contributed by atoms with Gasteiger partial charge in [0, 0.05) is 55.3 Å². The van der Waals surface area contributed by atoms with Gasteiger partial charge in [-0.15, -0.1) is 0 Å². The Morgan fingerprint density at radius 3 is 2.71 bits per heavy atom. The first-order valence-electron chi connectivity index (χ1n) is 12.3. The van der Waals surface area contributed by atoms with Crippen molar-refractivity contribution in [3.8, 4) is 0 Å². The van der Waals surface area contributed by atoms with Crippen LogP contribution in [0.4, 0.5) is 5.69 Å². The monoisotopic (exact) mass is 474 g/mol. The SMILES string of the molecule is Cc1ccc(Cl)cc1N1CCN(CCCCC(=O)c2ccc3c(c2)CC(=O)C2C=CC=C32)CC1. The van der Waals surface area contributed by atoms with Gasteiger partial charge >= 0.3 is 0 Å². The average molecular weight is 475 g/mol. The number of benzene rings is 2. The fourth-order valence-corrected chi connectivity index (χ4v) is 5.58. The number of carbonyl (C=O) groups is 2. The number of allylic oxidation sites excluding steroid dienone is 4. The Kier molecular flexibility index (Phi) is 6.71. The van der Waals surface area contributed by atoms with Crippen LogP contribution < -0.4 is 4.90 Å². The van der Waals surface area contributed by atoms with E-state index in [0.717, 1.165) is 72.9 Å². The molecular formula is C29H31ClN2O2. The number of unbranched alkanes of at least 4 members (excludes halogenated alkanes) is 1. The van der Waals surface area contributed by atoms with Gasteiger partial charge in [-0.3, -0.25) is 14.5 Å². The van der Waals surface area contributed by atoms with E-state index >= 15 is 0 Å². The maximum Gasteiger partial charge on any atom is 0.162 e. The Labute approximate surface area is 206 Å². The fraction of sp³-hybridized carbons (Fsp3) is 0.379. The Morgan fingerprint density at radius 2 is 1.88 bits per heavy atom. The van der Waals surface area contributed by atoms with E-state index in [0.29, 0.717) is 12.8 Å². The van der Waals surface area contributed by atoms with E-state index in [1.54, 1.807) is 0 Å². The summed E-state index contributed by atoms with van der Waals surface area (Å²) in [5.41, 5.74) is 6.44. The van der Waals surface area contributed by atoms with Gasteiger partial charge in [-0.2, -0.15) is 0 Å². The van der Waals surface area contributed by atoms with Gasteiger partial charge < -0.3 is 4.90 Å². The van der Waals surface area contributed by atoms with Crippen LogP contribution in [-0.2, 0) is 11.2 Å². The Hall–Kier alpha value is -2.69. The number of anilines is 1. The zero-order valence-electron chi connectivity index (χ0n) is 19.7. The van der Waals surface area contributed by atoms with Gasteiger partial charge in [-0.1, -0.05) is 48.0 Å². The molecule has 0 saturated carbocycles. The lowest BCUT2D eigenvalue weighted by Gasteiger charge is -2.37. The summed E-state index contributed by atoms with van der Waals surface area (Å²) in [6, 6.07) is 12.0. The first-order valence-corrected chi connectivity index (χ1v) is 12.7. The number of aryl methyl sites for hydroxylation is 1. The Morgan fingerprint density at radius 1 is 1.06 bits per heavy atom. The van der Waals surface area contributed by atoms with Gasteiger partial charge in [0.25, 0.3) is 0 Å². The molecule has 2 aromatic carbocycles. The molecule has 1 fully saturated rings. The van der Waals surface area contributed by atoms with Crippen molar-refractivity contribution in [2.75, 3.05) is 37.6 Å². The third kappa shape index (κ3) is 4.75. The molecule has 1 saturated heterocycles. The van der Waals surface area contributed by atoms with Crippen LogP contribution in [0.1, 0.15) is 46.3 Å². The molecule has 4 nitrogen and oxygen atoms in total. The summed E-state index contributed by atoms with van der Waals surface area (Å²) < 4.78 is 0. The van der Waals surface area contributed by atoms with Gasteiger partial charge in [0.05, 0.1) is 5.92 Å². The second kappa shape index (κ2) is 9.89. The summed E-state index contributed by atoms with van der Waals surface area (Å²) in [7, 11) is 0. The molecule has 1 unspecified atom stereocenters. The third-order valence-corrected chi connectivity index (χ3v) is 7.61. The second-order valence-corrected chi connectivity index (χ2v) is 10.1. The summed E-state index contributed by atoms with van der Waals surface area (Å²) in [5, 5.41) is 0.787. The predicted octanol–water partition coefficient (Wildman–Crippen LogP) is 5.52. The normalized spacial score (nSPS) is 19.7. The predicted molar refractivity (Wildman–Crippen MR) is 139 cm³/mol. The highest BCUT2D eigenvalue weighted by Crippen LogP contribution is 2.37. The number of nitrogens with zero attached hydrogens (tertiary/aromatic N) is 2. The van der Waals surface area contributed by atoms with Crippen LogP contribution in [0.2, 0.25) is 5.02 Å². The largest absolute Gasteiger partial charge is 0.369 e. The molecule has 34 heavy (non-hydrogen) atoms. The van der Waals surface area contributed by atoms with Gasteiger partial charge in [0.15, 0.2) is 5.78 Å². The topological polar surface area (TPSA) is 40.6 Å². The van der Waals surface area contributed by atoms with Crippen molar-refractivity contribution >= 4 is 34.4 Å². The zero-order chi connectivity index (χ0) is 23.7. The highest BCUT2D eigenvalue weighted by atomic mass is 35.5. The number of hydrogen-bond donors (Lipinski definition) is 0. The number of Topliss-reactive ketones (excluding diaryl/α,β-unsaturated/α-hetero) is 2. The van der Waals surface area contributed by atoms with Crippen LogP contribution in [0.15, 0.2) is 54.6 Å². The molecule has 2 aromatic rings. The molecule has 0 radical (unpaired) electrons. The van der Waals surface area contributed by atoms with Crippen LogP contribution in [0.25, 0.3) is 5.57 Å². The maximum atomic E-state index is 12.8. The summed E-state index contributed by atoms with van der Waals surface area (Å²) in [5.74, 6) is 0.310. The molecule has 0 N–H and O–H groups in total. The summed E-state index contributed by atoms with van der Waals surface area (Å²) in [6.45, 7) is 7.22. The number of carbonyl (C=O) groups excluding carboxylic acids is 2. The van der Waals surface area contributed by atoms with Crippen LogP contribution in [0.5, 0.6) is 0 Å². The van der Waals surface area contributed by atoms with E-state index < -0.39 is 0 Å². The number of rotatable bonds is 7. The maximum absolute atomic E-state index is 12.8. The lowest BCUT2D eigenvalue weighted by atomic mass is 9.79. The molecule has 176 valence electrons. The Bertz CT molecular complexity index is 1170. The average Bonchev–Trinajstić information content (AvgIpc) is 3.34. The van der Waals surface area contributed by atoms with Crippen LogP contribution in [0, 0.1) is 12.8 Å². The van der Waals surface area contributed by atoms with E-state index in [4.69, 9.17) is 11.6 Å². The molecule has 0 bridgehead atoms. The van der Waals surface area contributed by atoms with E-state index in [2.05, 4.69) is 28.9 Å². The van der Waals surface area contributed by atoms with Gasteiger partial charge in [0.2, 0.25) is 0 Å². The van der Waals surface area contributed by atoms with E-state index in [1.807, 2.05) is 42.5 Å². The van der Waals surface area contributed by atoms with Crippen molar-refractivity contribution < 1.29 is 9.59 Å². The number of halogens is 1. The lowest BCUT2D eigenvalue weighted by Crippen LogP contribution is -2.46. The van der Waals surface area contributed by atoms with Gasteiger partial charge in [0.1, 0.15) is 5.78 Å². The molecule has 3 aliphatic rings. The quantitative estimate of drug-likeness (QED) is 0.391. The van der Waals surface area contributed by atoms with Crippen LogP contribution in [-0.4, -0.2) is 49.2 Å². The fourth-order valence-electron chi connectivity index (χ4n) is 5.41. The molecule has 5 heteroatoms. The third-order valence-electron chi connectivity index (χ3n) is 7.38. The van der Waals surface area contributed by atoms with E-state index in [1.165, 1.54) is 11.3 Å². The lowest BCUT2D eigenvalue weighted by molar-refractivity contribution is -0.119. The zero-order valence-corrected chi connectivity index (χ0v) is 20.5.